The van der Waals surface area contributed by atoms with Crippen molar-refractivity contribution < 1.29 is 101 Å². The van der Waals surface area contributed by atoms with Gasteiger partial charge in [-0.25, -0.2) is 9.59 Å². The van der Waals surface area contributed by atoms with E-state index in [0.717, 1.165) is 33.6 Å². The lowest BCUT2D eigenvalue weighted by Crippen LogP contribution is -2.66. The zero-order chi connectivity index (χ0) is 74.4. The number of esters is 2. The Bertz CT molecular complexity index is 3840. The summed E-state index contributed by atoms with van der Waals surface area (Å²) in [5, 5.41) is 28.7. The molecule has 0 amide bonds. The number of methoxy groups -OCH3 is 1. The number of benzene rings is 8. The number of carbonyl (C=O) groups excluding carboxylic acids is 2. The third kappa shape index (κ3) is 20.6. The van der Waals surface area contributed by atoms with Crippen LogP contribution < -0.4 is 0 Å². The summed E-state index contributed by atoms with van der Waals surface area (Å²) >= 11 is 1.64. The fraction of sp³-hybridized carbons (Fsp3) is 0.412. The molecule has 7 saturated heterocycles. The molecule has 15 rings (SSSR count). The smallest absolute Gasteiger partial charge is 0.338 e. The predicted octanol–water partition coefficient (Wildman–Crippen LogP) is 12.5. The largest absolute Gasteiger partial charge is 0.455 e. The van der Waals surface area contributed by atoms with Crippen molar-refractivity contribution in [3.63, 3.8) is 0 Å². The van der Waals surface area contributed by atoms with Gasteiger partial charge in [0.2, 0.25) is 0 Å². The van der Waals surface area contributed by atoms with Crippen molar-refractivity contribution in [1.29, 1.82) is 0 Å². The van der Waals surface area contributed by atoms with Crippen LogP contribution in [0.3, 0.4) is 0 Å². The summed E-state index contributed by atoms with van der Waals surface area (Å²) in [7, 11) is 1.57. The maximum atomic E-state index is 13.7. The maximum Gasteiger partial charge on any atom is 0.338 e. The molecule has 7 fully saturated rings. The van der Waals surface area contributed by atoms with Crippen molar-refractivity contribution >= 4 is 23.7 Å². The predicted molar refractivity (Wildman–Crippen MR) is 395 cm³/mol. The molecule has 21 nitrogen and oxygen atoms in total. The van der Waals surface area contributed by atoms with E-state index >= 15 is 0 Å². The zero-order valence-corrected chi connectivity index (χ0v) is 61.3. The molecule has 0 aliphatic carbocycles. The summed E-state index contributed by atoms with van der Waals surface area (Å²) < 4.78 is 99.9. The van der Waals surface area contributed by atoms with Gasteiger partial charge in [0.1, 0.15) is 60.4 Å². The summed E-state index contributed by atoms with van der Waals surface area (Å²) in [6.45, 7) is 9.11. The van der Waals surface area contributed by atoms with Crippen molar-refractivity contribution in [2.24, 2.45) is 17.8 Å². The summed E-state index contributed by atoms with van der Waals surface area (Å²) in [5.41, 5.74) is 5.37. The van der Waals surface area contributed by atoms with Crippen molar-refractivity contribution in [2.45, 2.75) is 163 Å². The van der Waals surface area contributed by atoms with Crippen molar-refractivity contribution in [1.82, 2.24) is 0 Å². The minimum atomic E-state index is -1.10. The van der Waals surface area contributed by atoms with E-state index in [2.05, 4.69) is 13.8 Å². The van der Waals surface area contributed by atoms with Crippen LogP contribution in [0.2, 0.25) is 0 Å². The van der Waals surface area contributed by atoms with E-state index in [1.807, 2.05) is 219 Å². The fourth-order valence-electron chi connectivity index (χ4n) is 13.8. The molecule has 0 spiro atoms. The van der Waals surface area contributed by atoms with Crippen molar-refractivity contribution in [3.8, 4) is 0 Å². The average Bonchev–Trinajstić information content (AvgIpc) is 0.768. The van der Waals surface area contributed by atoms with Gasteiger partial charge in [-0.05, 0) is 41.1 Å². The highest BCUT2D eigenvalue weighted by Crippen LogP contribution is 2.44. The van der Waals surface area contributed by atoms with Crippen molar-refractivity contribution in [3.05, 3.63) is 288 Å². The molecule has 0 radical (unpaired) electrons. The van der Waals surface area contributed by atoms with Crippen LogP contribution in [0.5, 0.6) is 0 Å². The number of thioether (sulfide) groups is 1. The van der Waals surface area contributed by atoms with E-state index in [9.17, 15) is 19.8 Å². The number of hydrogen-bond acceptors (Lipinski definition) is 22. The van der Waals surface area contributed by atoms with Gasteiger partial charge < -0.3 is 91.1 Å². The lowest BCUT2D eigenvalue weighted by atomic mass is 9.90. The molecule has 11 unspecified atom stereocenters. The lowest BCUT2D eigenvalue weighted by molar-refractivity contribution is -0.400. The molecule has 7 aliphatic heterocycles. The van der Waals surface area contributed by atoms with Gasteiger partial charge >= 0.3 is 11.9 Å². The third-order valence-electron chi connectivity index (χ3n) is 19.6. The van der Waals surface area contributed by atoms with E-state index in [0.29, 0.717) is 30.9 Å². The monoisotopic (exact) mass is 1480 g/mol. The second kappa shape index (κ2) is 39.6. The molecule has 8 aromatic rings. The Morgan fingerprint density at radius 2 is 0.785 bits per heavy atom. The molecular formula is C85H96O21S. The van der Waals surface area contributed by atoms with Crippen LogP contribution in [0, 0.1) is 17.8 Å². The molecule has 22 heteroatoms. The van der Waals surface area contributed by atoms with Crippen LogP contribution in [-0.4, -0.2) is 170 Å². The molecule has 0 saturated carbocycles. The molecule has 7 aliphatic rings. The summed E-state index contributed by atoms with van der Waals surface area (Å²) in [5.74, 6) is -0.764. The standard InChI is InChI=1S/C42H44O11.C23H26O5S.C14H20O5.C6H6/c1-26-33(34-31(24-46-40(52-34)29-19-11-5-12-20-29)48-39(26)45-23-27-15-7-3-8-16-27)51-42-37(50-38(43)28-17-9-4-10-18-28)36(44-2)35-32(49-42)25-47-41(53-35)30-21-13-6-14-22-30;1-3-29-23-20(27-21(24)16-10-6-4-7-11-16)15(2)19-18(26-23)14-25-22(28-19)17-12-8-5-9-13-17;1-9-12(16)13(17)11(7-15)19-14(9)18-8-10-5-3-2-4-6-10;1-2-4-6-5-3-1/h3-22,26,31-37,39-42H,23-25H2,1-2H3;4-13,15,18-20,22-23H,3,14H2,1-2H3;2-6,9,11-17H,7-8H2,1H3;1-6H/t26?,31?,32?,33-,34-,35-,36+,37?,39-,40?,41?,42+;15-,18?,19-,20?,22?,23-;9?,11?,12-,13-,14-;/m101./s1. The van der Waals surface area contributed by atoms with E-state index in [4.69, 9.17) is 80.9 Å². The van der Waals surface area contributed by atoms with Gasteiger partial charge in [0.25, 0.3) is 0 Å². The Morgan fingerprint density at radius 3 is 1.21 bits per heavy atom. The molecule has 23 atom stereocenters. The number of aliphatic hydroxyl groups is 3. The summed E-state index contributed by atoms with van der Waals surface area (Å²) in [6, 6.07) is 78.6. The first-order valence-corrected chi connectivity index (χ1v) is 37.6. The lowest BCUT2D eigenvalue weighted by Gasteiger charge is -2.52. The first-order chi connectivity index (χ1) is 52.4. The van der Waals surface area contributed by atoms with E-state index in [1.165, 1.54) is 0 Å². The zero-order valence-electron chi connectivity index (χ0n) is 60.5. The minimum absolute atomic E-state index is 0.0272. The van der Waals surface area contributed by atoms with E-state index in [-0.39, 0.29) is 61.2 Å². The Labute approximate surface area is 629 Å². The van der Waals surface area contributed by atoms with Crippen LogP contribution in [-0.2, 0) is 89.0 Å². The Balaban J connectivity index is 0.000000164. The SMILES string of the molecule is CC1[C@H](OCc2ccccc2)OC(CO)[C@@H](O)[C@@H]1O.CCS[C@@H]1OC2COC(c3ccccc3)O[C@H]2[C@H](C)C1OC(=O)c1ccccc1.CO[C@@H]1C(OC(=O)c2ccccc2)[C@H](O[C@@H]2C(C)[C@H](OCc3ccccc3)OC3COC(c4ccccc4)O[C@H]32)OC2COC(c3ccccc3)O[C@H]21.c1ccccc1. The van der Waals surface area contributed by atoms with Crippen LogP contribution in [0.15, 0.2) is 249 Å². The maximum absolute atomic E-state index is 13.7. The summed E-state index contributed by atoms with van der Waals surface area (Å²) in [4.78, 5) is 26.4. The number of hydrogen-bond donors (Lipinski definition) is 3. The van der Waals surface area contributed by atoms with Gasteiger partial charge in [0.15, 0.2) is 43.8 Å². The molecule has 0 bridgehead atoms. The fourth-order valence-corrected chi connectivity index (χ4v) is 14.8. The highest BCUT2D eigenvalue weighted by Gasteiger charge is 2.57. The molecule has 8 aromatic carbocycles. The first-order valence-electron chi connectivity index (χ1n) is 36.5. The second-order valence-electron chi connectivity index (χ2n) is 26.9. The van der Waals surface area contributed by atoms with Crippen LogP contribution in [0.4, 0.5) is 0 Å². The number of fused-ring (bicyclic) bond motifs is 3. The van der Waals surface area contributed by atoms with Crippen LogP contribution in [0.25, 0.3) is 0 Å². The highest BCUT2D eigenvalue weighted by atomic mass is 32.2. The highest BCUT2D eigenvalue weighted by molar-refractivity contribution is 7.99. The molecular weight excluding hydrogens is 1390 g/mol. The Hall–Kier alpha value is -7.63. The quantitative estimate of drug-likeness (QED) is 0.0637. The van der Waals surface area contributed by atoms with E-state index in [1.54, 1.807) is 62.2 Å². The van der Waals surface area contributed by atoms with Gasteiger partial charge in [0.05, 0.1) is 69.1 Å². The van der Waals surface area contributed by atoms with Gasteiger partial charge in [-0.3, -0.25) is 0 Å². The Kier molecular flexibility index (Phi) is 29.3. The van der Waals surface area contributed by atoms with Crippen LogP contribution >= 0.6 is 11.8 Å². The third-order valence-corrected chi connectivity index (χ3v) is 20.6. The average molecular weight is 1490 g/mol. The van der Waals surface area contributed by atoms with Crippen molar-refractivity contribution in [2.75, 3.05) is 39.3 Å². The molecule has 0 aromatic heterocycles. The van der Waals surface area contributed by atoms with Crippen LogP contribution in [0.1, 0.15) is 95.1 Å². The minimum Gasteiger partial charge on any atom is -0.455 e. The normalized spacial score (nSPS) is 32.1. The Morgan fingerprint density at radius 1 is 0.411 bits per heavy atom. The molecule has 3 N–H and O–H groups in total. The summed E-state index contributed by atoms with van der Waals surface area (Å²) in [6.07, 6.45) is -12.6. The van der Waals surface area contributed by atoms with Gasteiger partial charge in [0, 0.05) is 41.6 Å². The molecule has 568 valence electrons. The number of carbonyl (C=O) groups is 2. The van der Waals surface area contributed by atoms with Gasteiger partial charge in [-0.1, -0.05) is 252 Å². The van der Waals surface area contributed by atoms with E-state index < -0.39 is 111 Å². The number of aliphatic hydroxyl groups excluding tert-OH is 3. The molecule has 7 heterocycles. The number of rotatable bonds is 19. The second-order valence-corrected chi connectivity index (χ2v) is 28.3. The number of ether oxygens (including phenoxy) is 16. The molecule has 107 heavy (non-hydrogen) atoms. The first kappa shape index (κ1) is 78.9. The topological polar surface area (TPSA) is 243 Å². The van der Waals surface area contributed by atoms with Gasteiger partial charge in [-0.15, -0.1) is 11.8 Å². The van der Waals surface area contributed by atoms with Gasteiger partial charge in [-0.2, -0.15) is 0 Å².